The number of rotatable bonds is 8. The standard InChI is InChI=1S/C23H31N3O2/c1-2-24-23(25-16-19-7-4-3-5-8-19)26-17-20-9-6-10-21(15-20)18-28-22-11-13-27-14-12-22/h3-10,15,22H,2,11-14,16-18H2,1H3,(H2,24,25,26). The van der Waals surface area contributed by atoms with Crippen molar-refractivity contribution < 1.29 is 9.47 Å². The van der Waals surface area contributed by atoms with Crippen molar-refractivity contribution in [3.8, 4) is 0 Å². The van der Waals surface area contributed by atoms with E-state index in [2.05, 4.69) is 66.1 Å². The van der Waals surface area contributed by atoms with E-state index in [4.69, 9.17) is 14.5 Å². The Kier molecular flexibility index (Phi) is 8.34. The monoisotopic (exact) mass is 381 g/mol. The molecule has 0 unspecified atom stereocenters. The summed E-state index contributed by atoms with van der Waals surface area (Å²) in [5.74, 6) is 0.829. The summed E-state index contributed by atoms with van der Waals surface area (Å²) < 4.78 is 11.4. The Hall–Kier alpha value is -2.37. The van der Waals surface area contributed by atoms with Gasteiger partial charge < -0.3 is 20.1 Å². The van der Waals surface area contributed by atoms with Crippen LogP contribution in [-0.2, 0) is 29.2 Å². The van der Waals surface area contributed by atoms with Crippen LogP contribution in [-0.4, -0.2) is 31.8 Å². The van der Waals surface area contributed by atoms with Gasteiger partial charge in [-0.15, -0.1) is 0 Å². The van der Waals surface area contributed by atoms with E-state index in [1.165, 1.54) is 16.7 Å². The highest BCUT2D eigenvalue weighted by Gasteiger charge is 2.14. The third kappa shape index (κ3) is 6.98. The first kappa shape index (κ1) is 20.4. The molecule has 2 N–H and O–H groups in total. The number of hydrogen-bond acceptors (Lipinski definition) is 3. The van der Waals surface area contributed by atoms with Gasteiger partial charge in [-0.1, -0.05) is 54.6 Å². The maximum absolute atomic E-state index is 6.04. The minimum absolute atomic E-state index is 0.318. The van der Waals surface area contributed by atoms with Crippen molar-refractivity contribution in [1.29, 1.82) is 0 Å². The summed E-state index contributed by atoms with van der Waals surface area (Å²) in [5.41, 5.74) is 3.62. The van der Waals surface area contributed by atoms with Gasteiger partial charge in [0.05, 0.1) is 19.3 Å². The maximum Gasteiger partial charge on any atom is 0.191 e. The molecule has 0 aliphatic carbocycles. The van der Waals surface area contributed by atoms with Gasteiger partial charge in [0, 0.05) is 26.3 Å². The molecule has 1 saturated heterocycles. The Bertz CT molecular complexity index is 728. The summed E-state index contributed by atoms with van der Waals surface area (Å²) in [6.07, 6.45) is 2.30. The highest BCUT2D eigenvalue weighted by atomic mass is 16.5. The summed E-state index contributed by atoms with van der Waals surface area (Å²) in [4.78, 5) is 4.73. The van der Waals surface area contributed by atoms with Gasteiger partial charge in [-0.2, -0.15) is 0 Å². The zero-order chi connectivity index (χ0) is 19.4. The summed E-state index contributed by atoms with van der Waals surface area (Å²) in [6, 6.07) is 18.8. The molecule has 0 spiro atoms. The molecule has 0 saturated carbocycles. The van der Waals surface area contributed by atoms with Crippen LogP contribution in [0, 0.1) is 0 Å². The fourth-order valence-electron chi connectivity index (χ4n) is 3.17. The number of aliphatic imine (C=N–C) groups is 1. The third-order valence-electron chi connectivity index (χ3n) is 4.71. The smallest absolute Gasteiger partial charge is 0.191 e. The lowest BCUT2D eigenvalue weighted by atomic mass is 10.1. The van der Waals surface area contributed by atoms with Crippen LogP contribution in [0.25, 0.3) is 0 Å². The molecule has 0 aromatic heterocycles. The molecule has 1 fully saturated rings. The lowest BCUT2D eigenvalue weighted by Gasteiger charge is -2.22. The van der Waals surface area contributed by atoms with Crippen LogP contribution in [0.5, 0.6) is 0 Å². The zero-order valence-corrected chi connectivity index (χ0v) is 16.7. The number of hydrogen-bond donors (Lipinski definition) is 2. The van der Waals surface area contributed by atoms with Gasteiger partial charge in [-0.3, -0.25) is 0 Å². The van der Waals surface area contributed by atoms with E-state index in [1.54, 1.807) is 0 Å². The van der Waals surface area contributed by atoms with Crippen molar-refractivity contribution in [2.24, 2.45) is 4.99 Å². The van der Waals surface area contributed by atoms with Crippen molar-refractivity contribution in [2.45, 2.75) is 45.6 Å². The fraction of sp³-hybridized carbons (Fsp3) is 0.435. The molecule has 28 heavy (non-hydrogen) atoms. The third-order valence-corrected chi connectivity index (χ3v) is 4.71. The minimum atomic E-state index is 0.318. The van der Waals surface area contributed by atoms with Crippen LogP contribution in [0.15, 0.2) is 59.6 Å². The maximum atomic E-state index is 6.04. The van der Waals surface area contributed by atoms with Gasteiger partial charge in [-0.05, 0) is 36.5 Å². The van der Waals surface area contributed by atoms with Crippen molar-refractivity contribution in [3.63, 3.8) is 0 Å². The SMILES string of the molecule is CCNC(=NCc1cccc(COC2CCOCC2)c1)NCc1ccccc1. The largest absolute Gasteiger partial charge is 0.381 e. The molecular formula is C23H31N3O2. The molecule has 1 heterocycles. The number of benzene rings is 2. The Morgan fingerprint density at radius 3 is 2.54 bits per heavy atom. The van der Waals surface area contributed by atoms with Crippen LogP contribution in [0.2, 0.25) is 0 Å². The molecule has 0 atom stereocenters. The fourth-order valence-corrected chi connectivity index (χ4v) is 3.17. The van der Waals surface area contributed by atoms with Gasteiger partial charge in [-0.25, -0.2) is 4.99 Å². The van der Waals surface area contributed by atoms with Crippen LogP contribution < -0.4 is 10.6 Å². The molecule has 150 valence electrons. The van der Waals surface area contributed by atoms with E-state index < -0.39 is 0 Å². The molecule has 0 bridgehead atoms. The summed E-state index contributed by atoms with van der Waals surface area (Å²) in [6.45, 7) is 6.56. The van der Waals surface area contributed by atoms with E-state index in [0.717, 1.165) is 45.1 Å². The average Bonchev–Trinajstić information content (AvgIpc) is 2.76. The summed E-state index contributed by atoms with van der Waals surface area (Å²) in [5, 5.41) is 6.70. The number of ether oxygens (including phenoxy) is 2. The van der Waals surface area contributed by atoms with Crippen LogP contribution >= 0.6 is 0 Å². The zero-order valence-electron chi connectivity index (χ0n) is 16.7. The predicted molar refractivity (Wildman–Crippen MR) is 113 cm³/mol. The Balaban J connectivity index is 1.52. The first-order valence-electron chi connectivity index (χ1n) is 10.2. The lowest BCUT2D eigenvalue weighted by Crippen LogP contribution is -2.36. The highest BCUT2D eigenvalue weighted by molar-refractivity contribution is 5.79. The van der Waals surface area contributed by atoms with E-state index in [9.17, 15) is 0 Å². The molecular weight excluding hydrogens is 350 g/mol. The number of nitrogens with zero attached hydrogens (tertiary/aromatic N) is 1. The van der Waals surface area contributed by atoms with E-state index >= 15 is 0 Å². The normalized spacial score (nSPS) is 15.4. The van der Waals surface area contributed by atoms with Gasteiger partial charge in [0.2, 0.25) is 0 Å². The lowest BCUT2D eigenvalue weighted by molar-refractivity contribution is -0.0390. The molecule has 2 aromatic carbocycles. The van der Waals surface area contributed by atoms with Gasteiger partial charge in [0.25, 0.3) is 0 Å². The summed E-state index contributed by atoms with van der Waals surface area (Å²) in [7, 11) is 0. The quantitative estimate of drug-likeness (QED) is 0.541. The second-order valence-electron chi connectivity index (χ2n) is 6.98. The van der Waals surface area contributed by atoms with Crippen molar-refractivity contribution in [2.75, 3.05) is 19.8 Å². The first-order chi connectivity index (χ1) is 13.8. The highest BCUT2D eigenvalue weighted by Crippen LogP contribution is 2.14. The van der Waals surface area contributed by atoms with Crippen molar-refractivity contribution in [3.05, 3.63) is 71.3 Å². The molecule has 0 radical (unpaired) electrons. The van der Waals surface area contributed by atoms with Crippen LogP contribution in [0.1, 0.15) is 36.5 Å². The second-order valence-corrected chi connectivity index (χ2v) is 6.98. The molecule has 5 heteroatoms. The first-order valence-corrected chi connectivity index (χ1v) is 10.2. The average molecular weight is 382 g/mol. The topological polar surface area (TPSA) is 54.9 Å². The molecule has 1 aliphatic rings. The van der Waals surface area contributed by atoms with Gasteiger partial charge in [0.1, 0.15) is 0 Å². The Morgan fingerprint density at radius 1 is 1.00 bits per heavy atom. The Morgan fingerprint density at radius 2 is 1.75 bits per heavy atom. The van der Waals surface area contributed by atoms with E-state index in [1.807, 2.05) is 6.07 Å². The van der Waals surface area contributed by atoms with Crippen molar-refractivity contribution >= 4 is 5.96 Å². The molecule has 5 nitrogen and oxygen atoms in total. The van der Waals surface area contributed by atoms with Crippen molar-refractivity contribution in [1.82, 2.24) is 10.6 Å². The van der Waals surface area contributed by atoms with Gasteiger partial charge in [0.15, 0.2) is 5.96 Å². The molecule has 3 rings (SSSR count). The minimum Gasteiger partial charge on any atom is -0.381 e. The summed E-state index contributed by atoms with van der Waals surface area (Å²) >= 11 is 0. The van der Waals surface area contributed by atoms with E-state index in [0.29, 0.717) is 19.3 Å². The predicted octanol–water partition coefficient (Wildman–Crippen LogP) is 3.64. The second kappa shape index (κ2) is 11.5. The molecule has 0 amide bonds. The van der Waals surface area contributed by atoms with Crippen LogP contribution in [0.4, 0.5) is 0 Å². The number of guanidine groups is 1. The van der Waals surface area contributed by atoms with Crippen LogP contribution in [0.3, 0.4) is 0 Å². The van der Waals surface area contributed by atoms with Gasteiger partial charge >= 0.3 is 0 Å². The van der Waals surface area contributed by atoms with E-state index in [-0.39, 0.29) is 0 Å². The molecule has 1 aliphatic heterocycles. The molecule has 2 aromatic rings. The number of nitrogens with one attached hydrogen (secondary N) is 2. The Labute approximate surface area is 168 Å².